The standard InChI is InChI=1S/C11H23NO2S/c1-10(9-11(13)14-2)12-7-5-4-6-8-15-3/h10,12H,4-9H2,1-3H3. The molecule has 0 aliphatic heterocycles. The van der Waals surface area contributed by atoms with Crippen LogP contribution >= 0.6 is 11.8 Å². The molecule has 0 amide bonds. The molecule has 0 radical (unpaired) electrons. The van der Waals surface area contributed by atoms with E-state index in [2.05, 4.69) is 16.3 Å². The van der Waals surface area contributed by atoms with Crippen LogP contribution in [0, 0.1) is 0 Å². The third-order valence-corrected chi connectivity index (χ3v) is 2.92. The van der Waals surface area contributed by atoms with Gasteiger partial charge in [-0.2, -0.15) is 11.8 Å². The number of ether oxygens (including phenoxy) is 1. The molecule has 0 heterocycles. The van der Waals surface area contributed by atoms with Crippen molar-refractivity contribution in [3.05, 3.63) is 0 Å². The number of hydrogen-bond donors (Lipinski definition) is 1. The third-order valence-electron chi connectivity index (χ3n) is 2.22. The van der Waals surface area contributed by atoms with Gasteiger partial charge in [-0.1, -0.05) is 6.42 Å². The highest BCUT2D eigenvalue weighted by Crippen LogP contribution is 2.02. The predicted octanol–water partition coefficient (Wildman–Crippen LogP) is 2.06. The van der Waals surface area contributed by atoms with Crippen LogP contribution in [-0.2, 0) is 9.53 Å². The summed E-state index contributed by atoms with van der Waals surface area (Å²) in [7, 11) is 1.43. The molecule has 4 heteroatoms. The summed E-state index contributed by atoms with van der Waals surface area (Å²) in [4.78, 5) is 10.9. The van der Waals surface area contributed by atoms with Crippen LogP contribution in [0.15, 0.2) is 0 Å². The van der Waals surface area contributed by atoms with E-state index in [4.69, 9.17) is 0 Å². The minimum Gasteiger partial charge on any atom is -0.469 e. The summed E-state index contributed by atoms with van der Waals surface area (Å²) in [5.41, 5.74) is 0. The zero-order valence-corrected chi connectivity index (χ0v) is 10.9. The lowest BCUT2D eigenvalue weighted by molar-refractivity contribution is -0.141. The van der Waals surface area contributed by atoms with Crippen LogP contribution in [-0.4, -0.2) is 37.7 Å². The molecule has 15 heavy (non-hydrogen) atoms. The van der Waals surface area contributed by atoms with E-state index in [1.165, 1.54) is 32.1 Å². The van der Waals surface area contributed by atoms with Gasteiger partial charge in [0.25, 0.3) is 0 Å². The second-order valence-electron chi connectivity index (χ2n) is 3.69. The van der Waals surface area contributed by atoms with Crippen LogP contribution in [0.25, 0.3) is 0 Å². The largest absolute Gasteiger partial charge is 0.469 e. The number of esters is 1. The van der Waals surface area contributed by atoms with Gasteiger partial charge in [-0.3, -0.25) is 4.79 Å². The Morgan fingerprint density at radius 3 is 2.73 bits per heavy atom. The van der Waals surface area contributed by atoms with Crippen molar-refractivity contribution in [1.29, 1.82) is 0 Å². The SMILES string of the molecule is COC(=O)CC(C)NCCCCCSC. The molecular formula is C11H23NO2S. The summed E-state index contributed by atoms with van der Waals surface area (Å²) in [5.74, 6) is 1.11. The number of nitrogens with one attached hydrogen (secondary N) is 1. The zero-order chi connectivity index (χ0) is 11.5. The minimum absolute atomic E-state index is 0.141. The van der Waals surface area contributed by atoms with Gasteiger partial charge >= 0.3 is 5.97 Å². The monoisotopic (exact) mass is 233 g/mol. The molecule has 3 nitrogen and oxygen atoms in total. The fourth-order valence-corrected chi connectivity index (χ4v) is 1.79. The van der Waals surface area contributed by atoms with Gasteiger partial charge in [0.15, 0.2) is 0 Å². The van der Waals surface area contributed by atoms with Crippen molar-refractivity contribution in [2.24, 2.45) is 0 Å². The first-order valence-corrected chi connectivity index (χ1v) is 6.89. The number of carbonyl (C=O) groups excluding carboxylic acids is 1. The lowest BCUT2D eigenvalue weighted by Gasteiger charge is -2.11. The molecule has 0 aliphatic rings. The zero-order valence-electron chi connectivity index (χ0n) is 10.0. The van der Waals surface area contributed by atoms with Gasteiger partial charge in [-0.25, -0.2) is 0 Å². The molecule has 0 spiro atoms. The van der Waals surface area contributed by atoms with Crippen LogP contribution in [0.5, 0.6) is 0 Å². The number of thioether (sulfide) groups is 1. The van der Waals surface area contributed by atoms with Crippen LogP contribution in [0.2, 0.25) is 0 Å². The number of carbonyl (C=O) groups is 1. The van der Waals surface area contributed by atoms with E-state index in [1.54, 1.807) is 0 Å². The van der Waals surface area contributed by atoms with Crippen molar-refractivity contribution in [3.8, 4) is 0 Å². The van der Waals surface area contributed by atoms with Gasteiger partial charge in [0, 0.05) is 6.04 Å². The maximum Gasteiger partial charge on any atom is 0.307 e. The van der Waals surface area contributed by atoms with Crippen molar-refractivity contribution in [1.82, 2.24) is 5.32 Å². The van der Waals surface area contributed by atoms with Crippen molar-refractivity contribution >= 4 is 17.7 Å². The van der Waals surface area contributed by atoms with Gasteiger partial charge in [0.2, 0.25) is 0 Å². The Balaban J connectivity index is 3.23. The summed E-state index contributed by atoms with van der Waals surface area (Å²) in [6.07, 6.45) is 6.33. The Bertz CT molecular complexity index is 165. The number of hydrogen-bond acceptors (Lipinski definition) is 4. The van der Waals surface area contributed by atoms with E-state index >= 15 is 0 Å². The van der Waals surface area contributed by atoms with Gasteiger partial charge in [0.05, 0.1) is 13.5 Å². The topological polar surface area (TPSA) is 38.3 Å². The first-order chi connectivity index (χ1) is 7.20. The van der Waals surface area contributed by atoms with E-state index in [9.17, 15) is 4.79 Å². The van der Waals surface area contributed by atoms with Gasteiger partial charge in [-0.15, -0.1) is 0 Å². The molecule has 1 unspecified atom stereocenters. The smallest absolute Gasteiger partial charge is 0.307 e. The highest BCUT2D eigenvalue weighted by Gasteiger charge is 2.07. The van der Waals surface area contributed by atoms with Gasteiger partial charge in [-0.05, 0) is 38.3 Å². The molecule has 1 atom stereocenters. The highest BCUT2D eigenvalue weighted by molar-refractivity contribution is 7.98. The lowest BCUT2D eigenvalue weighted by Crippen LogP contribution is -2.29. The molecule has 0 aromatic carbocycles. The first kappa shape index (κ1) is 14.8. The quantitative estimate of drug-likeness (QED) is 0.489. The molecule has 0 saturated heterocycles. The predicted molar refractivity (Wildman–Crippen MR) is 66.3 cm³/mol. The summed E-state index contributed by atoms with van der Waals surface area (Å²) in [6, 6.07) is 0.220. The summed E-state index contributed by atoms with van der Waals surface area (Å²) in [5, 5.41) is 3.32. The Labute approximate surface area is 97.3 Å². The highest BCUT2D eigenvalue weighted by atomic mass is 32.2. The van der Waals surface area contributed by atoms with E-state index in [0.717, 1.165) is 6.54 Å². The molecule has 0 rings (SSSR count). The van der Waals surface area contributed by atoms with Crippen molar-refractivity contribution in [2.75, 3.05) is 25.7 Å². The van der Waals surface area contributed by atoms with E-state index in [-0.39, 0.29) is 12.0 Å². The summed E-state index contributed by atoms with van der Waals surface area (Å²) in [6.45, 7) is 3.01. The fraction of sp³-hybridized carbons (Fsp3) is 0.909. The second-order valence-corrected chi connectivity index (χ2v) is 4.67. The van der Waals surface area contributed by atoms with Gasteiger partial charge < -0.3 is 10.1 Å². The van der Waals surface area contributed by atoms with Gasteiger partial charge in [0.1, 0.15) is 0 Å². The summed E-state index contributed by atoms with van der Waals surface area (Å²) < 4.78 is 4.60. The van der Waals surface area contributed by atoms with Crippen molar-refractivity contribution in [3.63, 3.8) is 0 Å². The normalized spacial score (nSPS) is 12.5. The Hall–Kier alpha value is -0.220. The van der Waals surface area contributed by atoms with E-state index in [1.807, 2.05) is 18.7 Å². The lowest BCUT2D eigenvalue weighted by atomic mass is 10.2. The van der Waals surface area contributed by atoms with E-state index < -0.39 is 0 Å². The molecule has 0 aliphatic carbocycles. The van der Waals surface area contributed by atoms with Crippen LogP contribution in [0.1, 0.15) is 32.6 Å². The average molecular weight is 233 g/mol. The molecule has 0 saturated carbocycles. The van der Waals surface area contributed by atoms with Crippen molar-refractivity contribution in [2.45, 2.75) is 38.6 Å². The molecule has 0 fully saturated rings. The molecule has 0 bridgehead atoms. The first-order valence-electron chi connectivity index (χ1n) is 5.49. The van der Waals surface area contributed by atoms with Crippen molar-refractivity contribution < 1.29 is 9.53 Å². The summed E-state index contributed by atoms with van der Waals surface area (Å²) >= 11 is 1.90. The molecule has 0 aromatic heterocycles. The van der Waals surface area contributed by atoms with E-state index in [0.29, 0.717) is 6.42 Å². The number of unbranched alkanes of at least 4 members (excludes halogenated alkanes) is 2. The Morgan fingerprint density at radius 2 is 2.13 bits per heavy atom. The average Bonchev–Trinajstić information content (AvgIpc) is 2.23. The third kappa shape index (κ3) is 10.1. The maximum absolute atomic E-state index is 10.9. The fourth-order valence-electron chi connectivity index (χ4n) is 1.30. The molecular weight excluding hydrogens is 210 g/mol. The van der Waals surface area contributed by atoms with Crippen LogP contribution in [0.3, 0.4) is 0 Å². The number of methoxy groups -OCH3 is 1. The minimum atomic E-state index is -0.141. The molecule has 90 valence electrons. The Morgan fingerprint density at radius 1 is 1.40 bits per heavy atom. The Kier molecular flexibility index (Phi) is 10.2. The second kappa shape index (κ2) is 10.3. The molecule has 0 aromatic rings. The van der Waals surface area contributed by atoms with Crippen LogP contribution in [0.4, 0.5) is 0 Å². The molecule has 1 N–H and O–H groups in total. The van der Waals surface area contributed by atoms with Crippen LogP contribution < -0.4 is 5.32 Å². The maximum atomic E-state index is 10.9. The number of rotatable bonds is 9.